The number of benzene rings is 2. The molecule has 0 atom stereocenters. The Hall–Kier alpha value is -2.27. The van der Waals surface area contributed by atoms with Crippen molar-refractivity contribution in [1.29, 1.82) is 0 Å². The van der Waals surface area contributed by atoms with E-state index in [2.05, 4.69) is 0 Å². The minimum Gasteiger partial charge on any atom is -0.314 e. The molecule has 0 radical (unpaired) electrons. The zero-order valence-electron chi connectivity index (χ0n) is 13.3. The predicted octanol–water partition coefficient (Wildman–Crippen LogP) is 4.80. The van der Waals surface area contributed by atoms with Gasteiger partial charge >= 0.3 is 6.18 Å². The molecule has 0 fully saturated rings. The summed E-state index contributed by atoms with van der Waals surface area (Å²) in [7, 11) is 1.52. The number of aryl methyl sites for hydroxylation is 2. The van der Waals surface area contributed by atoms with Crippen LogP contribution >= 0.6 is 0 Å². The van der Waals surface area contributed by atoms with Gasteiger partial charge in [-0.3, -0.25) is 0 Å². The largest absolute Gasteiger partial charge is 0.417 e. The van der Waals surface area contributed by atoms with Crippen molar-refractivity contribution in [2.45, 2.75) is 20.0 Å². The van der Waals surface area contributed by atoms with Crippen LogP contribution in [0, 0.1) is 13.8 Å². The molecule has 0 heterocycles. The number of hydrogen-bond donors (Lipinski definition) is 1. The lowest BCUT2D eigenvalue weighted by atomic mass is 10.0. The zero-order chi connectivity index (χ0) is 17.2. The summed E-state index contributed by atoms with van der Waals surface area (Å²) < 4.78 is 39.8. The highest BCUT2D eigenvalue weighted by atomic mass is 19.4. The van der Waals surface area contributed by atoms with Gasteiger partial charge < -0.3 is 5.01 Å². The molecule has 0 aliphatic rings. The lowest BCUT2D eigenvalue weighted by Crippen LogP contribution is -2.26. The van der Waals surface area contributed by atoms with Gasteiger partial charge in [0.15, 0.2) is 0 Å². The third-order valence-electron chi connectivity index (χ3n) is 3.63. The lowest BCUT2D eigenvalue weighted by molar-refractivity contribution is -0.137. The van der Waals surface area contributed by atoms with Crippen LogP contribution < -0.4 is 10.9 Å². The molecule has 2 aromatic rings. The first kappa shape index (κ1) is 17.1. The smallest absolute Gasteiger partial charge is 0.314 e. The van der Waals surface area contributed by atoms with E-state index in [1.54, 1.807) is 12.1 Å². The van der Waals surface area contributed by atoms with E-state index in [-0.39, 0.29) is 5.56 Å². The summed E-state index contributed by atoms with van der Waals surface area (Å²) in [6.45, 7) is 3.87. The number of nitrogens with two attached hydrogens (primary N) is 1. The maximum absolute atomic E-state index is 13.3. The molecule has 0 unspecified atom stereocenters. The van der Waals surface area contributed by atoms with E-state index in [1.165, 1.54) is 24.2 Å². The summed E-state index contributed by atoms with van der Waals surface area (Å²) in [5.41, 5.74) is 2.61. The van der Waals surface area contributed by atoms with Gasteiger partial charge in [-0.1, -0.05) is 42.0 Å². The summed E-state index contributed by atoms with van der Waals surface area (Å²) in [4.78, 5) is 0. The second-order valence-electron chi connectivity index (χ2n) is 5.54. The molecule has 0 aliphatic heterocycles. The molecular formula is C18H19F3N2. The number of anilines is 1. The van der Waals surface area contributed by atoms with E-state index in [0.717, 1.165) is 22.8 Å². The van der Waals surface area contributed by atoms with Crippen molar-refractivity contribution in [1.82, 2.24) is 0 Å². The molecule has 23 heavy (non-hydrogen) atoms. The quantitative estimate of drug-likeness (QED) is 0.500. The van der Waals surface area contributed by atoms with Gasteiger partial charge in [0, 0.05) is 12.6 Å². The molecular weight excluding hydrogens is 301 g/mol. The molecule has 122 valence electrons. The topological polar surface area (TPSA) is 29.3 Å². The zero-order valence-corrected chi connectivity index (χ0v) is 13.3. The molecule has 2 rings (SSSR count). The molecule has 2 aromatic carbocycles. The number of alkyl halides is 3. The fourth-order valence-corrected chi connectivity index (χ4v) is 2.40. The van der Waals surface area contributed by atoms with E-state index >= 15 is 0 Å². The van der Waals surface area contributed by atoms with Crippen LogP contribution in [0.5, 0.6) is 0 Å². The Labute approximate surface area is 134 Å². The summed E-state index contributed by atoms with van der Waals surface area (Å²) in [5.74, 6) is 5.68. The molecule has 5 heteroatoms. The van der Waals surface area contributed by atoms with Gasteiger partial charge in [0.05, 0.1) is 11.3 Å². The normalized spacial score (nSPS) is 12.0. The number of rotatable bonds is 3. The Kier molecular flexibility index (Phi) is 4.80. The fourth-order valence-electron chi connectivity index (χ4n) is 2.40. The highest BCUT2D eigenvalue weighted by molar-refractivity contribution is 5.80. The molecule has 0 amide bonds. The van der Waals surface area contributed by atoms with Crippen molar-refractivity contribution in [2.24, 2.45) is 5.84 Å². The van der Waals surface area contributed by atoms with Crippen LogP contribution in [-0.2, 0) is 6.18 Å². The van der Waals surface area contributed by atoms with E-state index in [1.807, 2.05) is 32.0 Å². The minimum absolute atomic E-state index is 0.0610. The predicted molar refractivity (Wildman–Crippen MR) is 88.9 cm³/mol. The van der Waals surface area contributed by atoms with Crippen molar-refractivity contribution in [3.8, 4) is 0 Å². The SMILES string of the molecule is Cc1ccc(C)c(/C=C/c2c(N(C)N)cccc2C(F)(F)F)c1. The molecule has 0 saturated carbocycles. The van der Waals surface area contributed by atoms with Crippen LogP contribution in [0.4, 0.5) is 18.9 Å². The number of nitrogens with zero attached hydrogens (tertiary/aromatic N) is 1. The van der Waals surface area contributed by atoms with Crippen LogP contribution in [0.3, 0.4) is 0 Å². The summed E-state index contributed by atoms with van der Waals surface area (Å²) in [6.07, 6.45) is -1.27. The Morgan fingerprint density at radius 1 is 1.04 bits per heavy atom. The molecule has 0 saturated heterocycles. The van der Waals surface area contributed by atoms with Crippen molar-refractivity contribution >= 4 is 17.8 Å². The highest BCUT2D eigenvalue weighted by Gasteiger charge is 2.33. The van der Waals surface area contributed by atoms with Crippen molar-refractivity contribution < 1.29 is 13.2 Å². The van der Waals surface area contributed by atoms with Gasteiger partial charge in [-0.15, -0.1) is 0 Å². The van der Waals surface area contributed by atoms with Crippen LogP contribution in [-0.4, -0.2) is 7.05 Å². The molecule has 0 bridgehead atoms. The van der Waals surface area contributed by atoms with Gasteiger partial charge in [0.1, 0.15) is 0 Å². The van der Waals surface area contributed by atoms with Gasteiger partial charge in [-0.2, -0.15) is 13.2 Å². The average molecular weight is 320 g/mol. The third-order valence-corrected chi connectivity index (χ3v) is 3.63. The Morgan fingerprint density at radius 3 is 2.35 bits per heavy atom. The van der Waals surface area contributed by atoms with Crippen molar-refractivity contribution in [3.05, 3.63) is 64.2 Å². The number of halogens is 3. The van der Waals surface area contributed by atoms with Gasteiger partial charge in [0.2, 0.25) is 0 Å². The van der Waals surface area contributed by atoms with E-state index in [9.17, 15) is 13.2 Å². The monoisotopic (exact) mass is 320 g/mol. The maximum Gasteiger partial charge on any atom is 0.417 e. The Bertz CT molecular complexity index is 732. The Balaban J connectivity index is 2.57. The van der Waals surface area contributed by atoms with E-state index in [4.69, 9.17) is 5.84 Å². The number of hydrogen-bond acceptors (Lipinski definition) is 2. The number of hydrazine groups is 1. The average Bonchev–Trinajstić information content (AvgIpc) is 2.46. The lowest BCUT2D eigenvalue weighted by Gasteiger charge is -2.19. The van der Waals surface area contributed by atoms with Crippen molar-refractivity contribution in [2.75, 3.05) is 12.1 Å². The molecule has 2 N–H and O–H groups in total. The van der Waals surface area contributed by atoms with Gasteiger partial charge in [0.25, 0.3) is 0 Å². The molecule has 2 nitrogen and oxygen atoms in total. The third kappa shape index (κ3) is 3.93. The molecule has 0 aliphatic carbocycles. The first-order valence-electron chi connectivity index (χ1n) is 7.14. The minimum atomic E-state index is -4.44. The standard InChI is InChI=1S/C18H19F3N2/c1-12-7-8-13(2)14(11-12)9-10-15-16(18(19,20)21)5-4-6-17(15)23(3)22/h4-11H,22H2,1-3H3/b10-9+. The van der Waals surface area contributed by atoms with Crippen LogP contribution in [0.1, 0.15) is 27.8 Å². The highest BCUT2D eigenvalue weighted by Crippen LogP contribution is 2.36. The van der Waals surface area contributed by atoms with Gasteiger partial charge in [-0.05, 0) is 37.1 Å². The molecule has 0 aromatic heterocycles. The summed E-state index contributed by atoms with van der Waals surface area (Å²) in [6, 6.07) is 9.84. The van der Waals surface area contributed by atoms with E-state index in [0.29, 0.717) is 5.69 Å². The fraction of sp³-hybridized carbons (Fsp3) is 0.222. The molecule has 0 spiro atoms. The Morgan fingerprint density at radius 2 is 1.74 bits per heavy atom. The maximum atomic E-state index is 13.3. The first-order valence-corrected chi connectivity index (χ1v) is 7.14. The van der Waals surface area contributed by atoms with Crippen LogP contribution in [0.2, 0.25) is 0 Å². The van der Waals surface area contributed by atoms with E-state index < -0.39 is 11.7 Å². The van der Waals surface area contributed by atoms with Crippen LogP contribution in [0.25, 0.3) is 12.2 Å². The summed E-state index contributed by atoms with van der Waals surface area (Å²) >= 11 is 0. The van der Waals surface area contributed by atoms with Crippen molar-refractivity contribution in [3.63, 3.8) is 0 Å². The summed E-state index contributed by atoms with van der Waals surface area (Å²) in [5, 5.41) is 1.19. The first-order chi connectivity index (χ1) is 10.7. The van der Waals surface area contributed by atoms with Gasteiger partial charge in [-0.25, -0.2) is 5.84 Å². The second-order valence-corrected chi connectivity index (χ2v) is 5.54. The van der Waals surface area contributed by atoms with Crippen LogP contribution in [0.15, 0.2) is 36.4 Å². The second kappa shape index (κ2) is 6.46.